The van der Waals surface area contributed by atoms with Gasteiger partial charge in [-0.05, 0) is 12.3 Å². The first-order valence-electron chi connectivity index (χ1n) is 5.95. The van der Waals surface area contributed by atoms with Crippen LogP contribution in [-0.4, -0.2) is 41.9 Å². The summed E-state index contributed by atoms with van der Waals surface area (Å²) in [7, 11) is -3.80. The molecule has 1 aliphatic rings. The van der Waals surface area contributed by atoms with Crippen LogP contribution in [0.25, 0.3) is 0 Å². The Hall–Kier alpha value is -1.23. The van der Waals surface area contributed by atoms with Crippen molar-refractivity contribution in [3.63, 3.8) is 0 Å². The standard InChI is InChI=1S/C10H15N3O5S2/c1-6-5-12(3-2-8(6)14)20(17,18)9-4-7(13(15)16)10(11)19-9/h4,6,8,14H,2-3,5,11H2,1H3. The van der Waals surface area contributed by atoms with Gasteiger partial charge in [0.05, 0.1) is 11.0 Å². The third-order valence-electron chi connectivity index (χ3n) is 3.33. The zero-order valence-electron chi connectivity index (χ0n) is 10.7. The predicted molar refractivity (Wildman–Crippen MR) is 73.9 cm³/mol. The number of piperidine rings is 1. The highest BCUT2D eigenvalue weighted by Crippen LogP contribution is 2.36. The highest BCUT2D eigenvalue weighted by molar-refractivity contribution is 7.91. The average Bonchev–Trinajstić information content (AvgIpc) is 2.75. The molecule has 0 spiro atoms. The van der Waals surface area contributed by atoms with Crippen LogP contribution >= 0.6 is 11.3 Å². The minimum absolute atomic E-state index is 0.126. The second-order valence-electron chi connectivity index (χ2n) is 4.77. The number of aliphatic hydroxyl groups excluding tert-OH is 1. The van der Waals surface area contributed by atoms with E-state index in [1.807, 2.05) is 0 Å². The largest absolute Gasteiger partial charge is 0.393 e. The SMILES string of the molecule is CC1CN(S(=O)(=O)c2cc([N+](=O)[O-])c(N)s2)CCC1O. The zero-order valence-corrected chi connectivity index (χ0v) is 12.4. The topological polar surface area (TPSA) is 127 Å². The Balaban J connectivity index is 2.31. The Kier molecular flexibility index (Phi) is 4.00. The minimum Gasteiger partial charge on any atom is -0.393 e. The van der Waals surface area contributed by atoms with Gasteiger partial charge < -0.3 is 10.8 Å². The molecule has 20 heavy (non-hydrogen) atoms. The summed E-state index contributed by atoms with van der Waals surface area (Å²) in [5.41, 5.74) is 5.08. The number of aliphatic hydroxyl groups is 1. The van der Waals surface area contributed by atoms with Gasteiger partial charge in [0, 0.05) is 19.2 Å². The van der Waals surface area contributed by atoms with Gasteiger partial charge in [-0.2, -0.15) is 4.31 Å². The van der Waals surface area contributed by atoms with Gasteiger partial charge in [0.1, 0.15) is 4.21 Å². The fraction of sp³-hybridized carbons (Fsp3) is 0.600. The van der Waals surface area contributed by atoms with E-state index in [4.69, 9.17) is 5.73 Å². The molecule has 0 bridgehead atoms. The van der Waals surface area contributed by atoms with Crippen molar-refractivity contribution in [1.29, 1.82) is 0 Å². The van der Waals surface area contributed by atoms with Crippen LogP contribution < -0.4 is 5.73 Å². The van der Waals surface area contributed by atoms with Crippen LogP contribution in [0, 0.1) is 16.0 Å². The Bertz CT molecular complexity index is 627. The summed E-state index contributed by atoms with van der Waals surface area (Å²) < 4.78 is 25.9. The fourth-order valence-corrected chi connectivity index (χ4v) is 5.01. The molecule has 0 saturated carbocycles. The average molecular weight is 321 g/mol. The number of rotatable bonds is 3. The van der Waals surface area contributed by atoms with Crippen LogP contribution in [0.3, 0.4) is 0 Å². The highest BCUT2D eigenvalue weighted by atomic mass is 32.2. The monoisotopic (exact) mass is 321 g/mol. The fourth-order valence-electron chi connectivity index (χ4n) is 2.08. The summed E-state index contributed by atoms with van der Waals surface area (Å²) in [5.74, 6) is -0.175. The Morgan fingerprint density at radius 1 is 1.60 bits per heavy atom. The Morgan fingerprint density at radius 3 is 2.75 bits per heavy atom. The molecular weight excluding hydrogens is 306 g/mol. The van der Waals surface area contributed by atoms with Crippen LogP contribution in [-0.2, 0) is 10.0 Å². The maximum absolute atomic E-state index is 12.4. The molecule has 1 fully saturated rings. The van der Waals surface area contributed by atoms with E-state index in [2.05, 4.69) is 0 Å². The second-order valence-corrected chi connectivity index (χ2v) is 8.02. The van der Waals surface area contributed by atoms with E-state index in [9.17, 15) is 23.6 Å². The van der Waals surface area contributed by atoms with E-state index < -0.39 is 26.7 Å². The number of nitrogens with two attached hydrogens (primary N) is 1. The lowest BCUT2D eigenvalue weighted by molar-refractivity contribution is -0.383. The number of anilines is 1. The van der Waals surface area contributed by atoms with E-state index in [-0.39, 0.29) is 28.2 Å². The predicted octanol–water partition coefficient (Wildman–Crippen LogP) is 0.630. The molecule has 0 amide bonds. The molecule has 1 aliphatic heterocycles. The smallest absolute Gasteiger partial charge is 0.304 e. The van der Waals surface area contributed by atoms with E-state index >= 15 is 0 Å². The maximum Gasteiger partial charge on any atom is 0.304 e. The Morgan fingerprint density at radius 2 is 2.25 bits per heavy atom. The number of nitrogen functional groups attached to an aromatic ring is 1. The molecule has 1 saturated heterocycles. The van der Waals surface area contributed by atoms with Gasteiger partial charge in [0.15, 0.2) is 5.00 Å². The van der Waals surface area contributed by atoms with E-state index in [0.29, 0.717) is 17.8 Å². The van der Waals surface area contributed by atoms with Crippen LogP contribution in [0.1, 0.15) is 13.3 Å². The van der Waals surface area contributed by atoms with Gasteiger partial charge >= 0.3 is 5.69 Å². The molecule has 2 heterocycles. The lowest BCUT2D eigenvalue weighted by Gasteiger charge is -2.33. The zero-order chi connectivity index (χ0) is 15.1. The maximum atomic E-state index is 12.4. The first kappa shape index (κ1) is 15.2. The summed E-state index contributed by atoms with van der Waals surface area (Å²) in [6.07, 6.45) is -0.173. The third-order valence-corrected chi connectivity index (χ3v) is 6.60. The van der Waals surface area contributed by atoms with Crippen LogP contribution in [0.15, 0.2) is 10.3 Å². The number of nitro groups is 1. The molecule has 0 radical (unpaired) electrons. The molecule has 2 rings (SSSR count). The quantitative estimate of drug-likeness (QED) is 0.621. The van der Waals surface area contributed by atoms with Crippen molar-refractivity contribution in [1.82, 2.24) is 4.31 Å². The molecule has 10 heteroatoms. The van der Waals surface area contributed by atoms with Crippen LogP contribution in [0.5, 0.6) is 0 Å². The molecule has 8 nitrogen and oxygen atoms in total. The lowest BCUT2D eigenvalue weighted by Crippen LogP contribution is -2.44. The van der Waals surface area contributed by atoms with Crippen molar-refractivity contribution in [2.75, 3.05) is 18.8 Å². The molecule has 112 valence electrons. The second kappa shape index (κ2) is 5.28. The summed E-state index contributed by atoms with van der Waals surface area (Å²) in [6, 6.07) is 0.991. The molecule has 1 aromatic rings. The van der Waals surface area contributed by atoms with E-state index in [1.165, 1.54) is 4.31 Å². The van der Waals surface area contributed by atoms with Gasteiger partial charge in [-0.25, -0.2) is 8.42 Å². The van der Waals surface area contributed by atoms with Gasteiger partial charge in [-0.3, -0.25) is 10.1 Å². The van der Waals surface area contributed by atoms with E-state index in [1.54, 1.807) is 6.92 Å². The molecule has 1 aromatic heterocycles. The van der Waals surface area contributed by atoms with Gasteiger partial charge in [0.2, 0.25) is 0 Å². The Labute approximate surface area is 120 Å². The van der Waals surface area contributed by atoms with Gasteiger partial charge in [0.25, 0.3) is 10.0 Å². The number of hydrogen-bond donors (Lipinski definition) is 2. The minimum atomic E-state index is -3.80. The number of hydrogen-bond acceptors (Lipinski definition) is 7. The van der Waals surface area contributed by atoms with Crippen molar-refractivity contribution in [3.05, 3.63) is 16.2 Å². The van der Waals surface area contributed by atoms with Gasteiger partial charge in [-0.1, -0.05) is 18.3 Å². The van der Waals surface area contributed by atoms with Crippen molar-refractivity contribution < 1.29 is 18.4 Å². The normalized spacial score (nSPS) is 24.7. The number of thiophene rings is 1. The molecule has 0 aromatic carbocycles. The third kappa shape index (κ3) is 2.64. The first-order valence-corrected chi connectivity index (χ1v) is 8.21. The summed E-state index contributed by atoms with van der Waals surface area (Å²) >= 11 is 0.689. The van der Waals surface area contributed by atoms with Crippen molar-refractivity contribution >= 4 is 32.0 Å². The highest BCUT2D eigenvalue weighted by Gasteiger charge is 2.35. The number of sulfonamides is 1. The van der Waals surface area contributed by atoms with Crippen molar-refractivity contribution in [2.24, 2.45) is 5.92 Å². The van der Waals surface area contributed by atoms with E-state index in [0.717, 1.165) is 6.07 Å². The summed E-state index contributed by atoms with van der Waals surface area (Å²) in [6.45, 7) is 2.14. The molecular formula is C10H15N3O5S2. The number of nitrogens with zero attached hydrogens (tertiary/aromatic N) is 2. The molecule has 3 N–H and O–H groups in total. The summed E-state index contributed by atoms with van der Waals surface area (Å²) in [5, 5.41) is 20.2. The van der Waals surface area contributed by atoms with Crippen LogP contribution in [0.2, 0.25) is 0 Å². The summed E-state index contributed by atoms with van der Waals surface area (Å²) in [4.78, 5) is 10.0. The molecule has 0 aliphatic carbocycles. The molecule has 2 unspecified atom stereocenters. The van der Waals surface area contributed by atoms with Crippen molar-refractivity contribution in [2.45, 2.75) is 23.7 Å². The van der Waals surface area contributed by atoms with Crippen molar-refractivity contribution in [3.8, 4) is 0 Å². The van der Waals surface area contributed by atoms with Gasteiger partial charge in [-0.15, -0.1) is 0 Å². The lowest BCUT2D eigenvalue weighted by atomic mass is 9.99. The van der Waals surface area contributed by atoms with Crippen LogP contribution in [0.4, 0.5) is 10.7 Å². The first-order chi connectivity index (χ1) is 9.23. The molecule has 2 atom stereocenters.